The standard InChI is InChI=1S/C23H22F2N2O4/c24-18-12-19(25)14-20(13-18)26-21(28)15-31-23(30)17-8-10-27(11-9-17)22(29)7-6-16-4-2-1-3-5-16/h1-7,12-14,17H,8-11,15H2,(H,26,28)/b7-6+. The van der Waals surface area contributed by atoms with Gasteiger partial charge in [-0.1, -0.05) is 30.3 Å². The summed E-state index contributed by atoms with van der Waals surface area (Å²) in [6.45, 7) is 0.259. The van der Waals surface area contributed by atoms with Gasteiger partial charge in [-0.05, 0) is 36.6 Å². The van der Waals surface area contributed by atoms with Crippen LogP contribution >= 0.6 is 0 Å². The van der Waals surface area contributed by atoms with Gasteiger partial charge in [0.15, 0.2) is 6.61 Å². The van der Waals surface area contributed by atoms with Gasteiger partial charge in [0.25, 0.3) is 5.91 Å². The molecule has 31 heavy (non-hydrogen) atoms. The maximum atomic E-state index is 13.1. The number of hydrogen-bond acceptors (Lipinski definition) is 4. The number of likely N-dealkylation sites (tertiary alicyclic amines) is 1. The summed E-state index contributed by atoms with van der Waals surface area (Å²) < 4.78 is 31.3. The third kappa shape index (κ3) is 6.74. The van der Waals surface area contributed by atoms with Gasteiger partial charge in [-0.25, -0.2) is 8.78 Å². The minimum atomic E-state index is -0.827. The summed E-state index contributed by atoms with van der Waals surface area (Å²) >= 11 is 0. The van der Waals surface area contributed by atoms with E-state index in [4.69, 9.17) is 4.74 Å². The van der Waals surface area contributed by atoms with Crippen LogP contribution in [0, 0.1) is 17.6 Å². The molecule has 2 aromatic carbocycles. The number of hydrogen-bond donors (Lipinski definition) is 1. The Bertz CT molecular complexity index is 951. The van der Waals surface area contributed by atoms with Crippen LogP contribution in [-0.4, -0.2) is 42.4 Å². The monoisotopic (exact) mass is 428 g/mol. The van der Waals surface area contributed by atoms with Gasteiger partial charge in [-0.2, -0.15) is 0 Å². The molecule has 0 saturated carbocycles. The fraction of sp³-hybridized carbons (Fsp3) is 0.261. The predicted octanol–water partition coefficient (Wildman–Crippen LogP) is 3.40. The van der Waals surface area contributed by atoms with Gasteiger partial charge < -0.3 is 15.0 Å². The lowest BCUT2D eigenvalue weighted by Crippen LogP contribution is -2.40. The Balaban J connectivity index is 1.41. The Morgan fingerprint density at radius 1 is 1.03 bits per heavy atom. The van der Waals surface area contributed by atoms with Gasteiger partial charge in [0, 0.05) is 30.9 Å². The number of carbonyl (C=O) groups excluding carboxylic acids is 3. The number of nitrogens with zero attached hydrogens (tertiary/aromatic N) is 1. The molecule has 0 aliphatic carbocycles. The second-order valence-corrected chi connectivity index (χ2v) is 7.16. The lowest BCUT2D eigenvalue weighted by Gasteiger charge is -2.30. The van der Waals surface area contributed by atoms with E-state index in [0.717, 1.165) is 17.7 Å². The number of carbonyl (C=O) groups is 3. The maximum absolute atomic E-state index is 13.1. The highest BCUT2D eigenvalue weighted by Crippen LogP contribution is 2.19. The molecule has 0 spiro atoms. The molecule has 1 saturated heterocycles. The average Bonchev–Trinajstić information content (AvgIpc) is 2.76. The Morgan fingerprint density at radius 2 is 1.68 bits per heavy atom. The highest BCUT2D eigenvalue weighted by atomic mass is 19.1. The lowest BCUT2D eigenvalue weighted by atomic mass is 9.97. The van der Waals surface area contributed by atoms with Crippen LogP contribution in [0.4, 0.5) is 14.5 Å². The van der Waals surface area contributed by atoms with Gasteiger partial charge in [0.05, 0.1) is 5.92 Å². The second-order valence-electron chi connectivity index (χ2n) is 7.16. The van der Waals surface area contributed by atoms with E-state index in [1.54, 1.807) is 11.0 Å². The zero-order valence-corrected chi connectivity index (χ0v) is 16.7. The third-order valence-electron chi connectivity index (χ3n) is 4.85. The molecule has 0 aromatic heterocycles. The number of amides is 2. The third-order valence-corrected chi connectivity index (χ3v) is 4.85. The molecule has 162 valence electrons. The van der Waals surface area contributed by atoms with Gasteiger partial charge >= 0.3 is 5.97 Å². The molecule has 1 aliphatic rings. The molecule has 6 nitrogen and oxygen atoms in total. The normalized spacial score (nSPS) is 14.5. The zero-order valence-electron chi connectivity index (χ0n) is 16.7. The summed E-state index contributed by atoms with van der Waals surface area (Å²) in [5.74, 6) is -3.43. The molecule has 1 fully saturated rings. The molecule has 3 rings (SSSR count). The molecular weight excluding hydrogens is 406 g/mol. The van der Waals surface area contributed by atoms with E-state index in [2.05, 4.69) is 5.32 Å². The van der Waals surface area contributed by atoms with Crippen molar-refractivity contribution in [3.63, 3.8) is 0 Å². The first kappa shape index (κ1) is 22.1. The smallest absolute Gasteiger partial charge is 0.309 e. The van der Waals surface area contributed by atoms with Crippen LogP contribution in [0.15, 0.2) is 54.6 Å². The van der Waals surface area contributed by atoms with Gasteiger partial charge in [-0.3, -0.25) is 14.4 Å². The maximum Gasteiger partial charge on any atom is 0.309 e. The van der Waals surface area contributed by atoms with Gasteiger partial charge in [-0.15, -0.1) is 0 Å². The molecule has 1 N–H and O–H groups in total. The quantitative estimate of drug-likeness (QED) is 0.565. The SMILES string of the molecule is O=C(COC(=O)C1CCN(C(=O)/C=C/c2ccccc2)CC1)Nc1cc(F)cc(F)c1. The van der Waals surface area contributed by atoms with Crippen LogP contribution in [0.3, 0.4) is 0 Å². The molecule has 0 atom stereocenters. The Kier molecular flexibility index (Phi) is 7.48. The van der Waals surface area contributed by atoms with E-state index in [9.17, 15) is 23.2 Å². The van der Waals surface area contributed by atoms with Crippen molar-refractivity contribution in [3.8, 4) is 0 Å². The zero-order chi connectivity index (χ0) is 22.2. The molecule has 1 heterocycles. The fourth-order valence-corrected chi connectivity index (χ4v) is 3.25. The molecule has 8 heteroatoms. The van der Waals surface area contributed by atoms with Crippen molar-refractivity contribution in [2.45, 2.75) is 12.8 Å². The van der Waals surface area contributed by atoms with E-state index >= 15 is 0 Å². The van der Waals surface area contributed by atoms with E-state index in [0.29, 0.717) is 32.0 Å². The van der Waals surface area contributed by atoms with Crippen LogP contribution < -0.4 is 5.32 Å². The Labute approximate surface area is 178 Å². The van der Waals surface area contributed by atoms with Gasteiger partial charge in [0.2, 0.25) is 5.91 Å². The summed E-state index contributed by atoms with van der Waals surface area (Å²) in [7, 11) is 0. The highest BCUT2D eigenvalue weighted by Gasteiger charge is 2.28. The number of ether oxygens (including phenoxy) is 1. The average molecular weight is 428 g/mol. The topological polar surface area (TPSA) is 75.7 Å². The minimum Gasteiger partial charge on any atom is -0.455 e. The van der Waals surface area contributed by atoms with Crippen LogP contribution in [0.2, 0.25) is 0 Å². The molecule has 2 aromatic rings. The molecule has 0 radical (unpaired) electrons. The van der Waals surface area contributed by atoms with E-state index in [1.807, 2.05) is 30.3 Å². The molecular formula is C23H22F2N2O4. The van der Waals surface area contributed by atoms with Crippen molar-refractivity contribution in [2.24, 2.45) is 5.92 Å². The summed E-state index contributed by atoms with van der Waals surface area (Å²) in [6, 6.07) is 12.1. The van der Waals surface area contributed by atoms with Gasteiger partial charge in [0.1, 0.15) is 11.6 Å². The number of benzene rings is 2. The first-order valence-electron chi connectivity index (χ1n) is 9.85. The summed E-state index contributed by atoms with van der Waals surface area (Å²) in [4.78, 5) is 38.0. The molecule has 0 bridgehead atoms. The first-order chi connectivity index (χ1) is 14.9. The number of rotatable bonds is 6. The summed E-state index contributed by atoms with van der Waals surface area (Å²) in [5.41, 5.74) is 0.863. The van der Waals surface area contributed by atoms with E-state index < -0.39 is 36.0 Å². The molecule has 0 unspecified atom stereocenters. The Morgan fingerprint density at radius 3 is 2.32 bits per heavy atom. The lowest BCUT2D eigenvalue weighted by molar-refractivity contribution is -0.153. The summed E-state index contributed by atoms with van der Waals surface area (Å²) in [5, 5.41) is 2.27. The first-order valence-corrected chi connectivity index (χ1v) is 9.85. The number of nitrogens with one attached hydrogen (secondary N) is 1. The van der Waals surface area contributed by atoms with Crippen LogP contribution in [0.5, 0.6) is 0 Å². The predicted molar refractivity (Wildman–Crippen MR) is 111 cm³/mol. The van der Waals surface area contributed by atoms with Crippen molar-refractivity contribution in [3.05, 3.63) is 71.8 Å². The van der Waals surface area contributed by atoms with Crippen molar-refractivity contribution in [1.29, 1.82) is 0 Å². The van der Waals surface area contributed by atoms with E-state index in [-0.39, 0.29) is 11.6 Å². The second kappa shape index (κ2) is 10.5. The molecule has 2 amide bonds. The van der Waals surface area contributed by atoms with E-state index in [1.165, 1.54) is 6.08 Å². The largest absolute Gasteiger partial charge is 0.455 e. The minimum absolute atomic E-state index is 0.0612. The van der Waals surface area contributed by atoms with Crippen molar-refractivity contribution in [1.82, 2.24) is 4.90 Å². The number of halogens is 2. The number of anilines is 1. The fourth-order valence-electron chi connectivity index (χ4n) is 3.25. The van der Waals surface area contributed by atoms with Crippen molar-refractivity contribution in [2.75, 3.05) is 25.0 Å². The molecule has 1 aliphatic heterocycles. The highest BCUT2D eigenvalue weighted by molar-refractivity contribution is 5.93. The summed E-state index contributed by atoms with van der Waals surface area (Å²) in [6.07, 6.45) is 4.11. The van der Waals surface area contributed by atoms with Crippen LogP contribution in [-0.2, 0) is 19.1 Å². The Hall–Kier alpha value is -3.55. The number of piperidine rings is 1. The van der Waals surface area contributed by atoms with Crippen molar-refractivity contribution >= 4 is 29.5 Å². The van der Waals surface area contributed by atoms with Crippen molar-refractivity contribution < 1.29 is 27.9 Å². The number of esters is 1. The van der Waals surface area contributed by atoms with Crippen LogP contribution in [0.1, 0.15) is 18.4 Å². The van der Waals surface area contributed by atoms with Crippen LogP contribution in [0.25, 0.3) is 6.08 Å².